The molecule has 1 atom stereocenters. The molecule has 0 aliphatic carbocycles. The SMILES string of the molecule is COc1ccccc1N1CCN([C@H](C)C(=O)Nc2ccc3[nH]c(=O)[nH]c3c2)CC1. The number of aromatic nitrogens is 2. The highest BCUT2D eigenvalue weighted by atomic mass is 16.5. The van der Waals surface area contributed by atoms with Crippen LogP contribution in [-0.2, 0) is 4.79 Å². The van der Waals surface area contributed by atoms with Crippen LogP contribution in [0.3, 0.4) is 0 Å². The Bertz CT molecular complexity index is 1070. The van der Waals surface area contributed by atoms with Crippen LogP contribution in [0.4, 0.5) is 11.4 Å². The number of benzene rings is 2. The first-order valence-electron chi connectivity index (χ1n) is 9.70. The van der Waals surface area contributed by atoms with E-state index in [2.05, 4.69) is 31.2 Å². The minimum absolute atomic E-state index is 0.0621. The number of carbonyl (C=O) groups excluding carboxylic acids is 1. The van der Waals surface area contributed by atoms with Crippen LogP contribution in [0, 0.1) is 0 Å². The van der Waals surface area contributed by atoms with Gasteiger partial charge in [-0.1, -0.05) is 12.1 Å². The van der Waals surface area contributed by atoms with E-state index in [4.69, 9.17) is 4.74 Å². The molecule has 0 saturated carbocycles. The van der Waals surface area contributed by atoms with E-state index in [-0.39, 0.29) is 17.6 Å². The van der Waals surface area contributed by atoms with Crippen molar-refractivity contribution in [2.24, 2.45) is 0 Å². The van der Waals surface area contributed by atoms with Crippen molar-refractivity contribution in [3.8, 4) is 5.75 Å². The van der Waals surface area contributed by atoms with E-state index in [1.54, 1.807) is 25.3 Å². The predicted molar refractivity (Wildman–Crippen MR) is 114 cm³/mol. The minimum Gasteiger partial charge on any atom is -0.495 e. The van der Waals surface area contributed by atoms with Crippen molar-refractivity contribution < 1.29 is 9.53 Å². The van der Waals surface area contributed by atoms with Gasteiger partial charge < -0.3 is 24.9 Å². The summed E-state index contributed by atoms with van der Waals surface area (Å²) in [5.41, 5.74) is 2.88. The molecule has 1 saturated heterocycles. The van der Waals surface area contributed by atoms with Crippen LogP contribution < -0.4 is 20.6 Å². The summed E-state index contributed by atoms with van der Waals surface area (Å²) in [7, 11) is 1.68. The number of ether oxygens (including phenoxy) is 1. The van der Waals surface area contributed by atoms with Crippen molar-refractivity contribution in [1.29, 1.82) is 0 Å². The smallest absolute Gasteiger partial charge is 0.323 e. The van der Waals surface area contributed by atoms with Crippen molar-refractivity contribution in [1.82, 2.24) is 14.9 Å². The van der Waals surface area contributed by atoms with Crippen LogP contribution >= 0.6 is 0 Å². The van der Waals surface area contributed by atoms with E-state index in [0.29, 0.717) is 16.7 Å². The molecule has 0 radical (unpaired) electrons. The number of H-pyrrole nitrogens is 2. The zero-order valence-electron chi connectivity index (χ0n) is 16.6. The number of hydrogen-bond donors (Lipinski definition) is 3. The van der Waals surface area contributed by atoms with E-state index in [0.717, 1.165) is 37.6 Å². The molecule has 4 rings (SSSR count). The molecule has 2 heterocycles. The maximum Gasteiger partial charge on any atom is 0.323 e. The third-order valence-corrected chi connectivity index (χ3v) is 5.45. The van der Waals surface area contributed by atoms with E-state index >= 15 is 0 Å². The fourth-order valence-electron chi connectivity index (χ4n) is 3.76. The molecule has 1 fully saturated rings. The van der Waals surface area contributed by atoms with Gasteiger partial charge in [0.25, 0.3) is 0 Å². The van der Waals surface area contributed by atoms with Crippen LogP contribution in [-0.4, -0.2) is 60.1 Å². The van der Waals surface area contributed by atoms with Crippen molar-refractivity contribution in [2.45, 2.75) is 13.0 Å². The molecule has 3 N–H and O–H groups in total. The third kappa shape index (κ3) is 3.97. The van der Waals surface area contributed by atoms with Gasteiger partial charge in [0.15, 0.2) is 0 Å². The third-order valence-electron chi connectivity index (χ3n) is 5.45. The van der Waals surface area contributed by atoms with E-state index in [1.165, 1.54) is 0 Å². The van der Waals surface area contributed by atoms with Gasteiger partial charge in [-0.3, -0.25) is 9.69 Å². The molecule has 1 amide bonds. The molecule has 1 aliphatic heterocycles. The second-order valence-electron chi connectivity index (χ2n) is 7.20. The minimum atomic E-state index is -0.259. The molecular weight excluding hydrogens is 370 g/mol. The van der Waals surface area contributed by atoms with E-state index in [1.807, 2.05) is 25.1 Å². The highest BCUT2D eigenvalue weighted by molar-refractivity contribution is 5.96. The van der Waals surface area contributed by atoms with Gasteiger partial charge >= 0.3 is 5.69 Å². The molecule has 152 valence electrons. The predicted octanol–water partition coefficient (Wildman–Crippen LogP) is 2.01. The van der Waals surface area contributed by atoms with Crippen LogP contribution in [0.1, 0.15) is 6.92 Å². The van der Waals surface area contributed by atoms with Gasteiger partial charge in [-0.2, -0.15) is 0 Å². The summed E-state index contributed by atoms with van der Waals surface area (Å²) >= 11 is 0. The average Bonchev–Trinajstić information content (AvgIpc) is 3.12. The highest BCUT2D eigenvalue weighted by Gasteiger charge is 2.26. The Balaban J connectivity index is 1.37. The Kier molecular flexibility index (Phi) is 5.26. The maximum atomic E-state index is 12.7. The average molecular weight is 395 g/mol. The summed E-state index contributed by atoms with van der Waals surface area (Å²) in [6.45, 7) is 5.15. The van der Waals surface area contributed by atoms with Gasteiger partial charge in [0.1, 0.15) is 5.75 Å². The van der Waals surface area contributed by atoms with Crippen molar-refractivity contribution >= 4 is 28.3 Å². The monoisotopic (exact) mass is 395 g/mol. The normalized spacial score (nSPS) is 16.0. The van der Waals surface area contributed by atoms with Gasteiger partial charge in [-0.15, -0.1) is 0 Å². The number of nitrogens with one attached hydrogen (secondary N) is 3. The number of nitrogens with zero attached hydrogens (tertiary/aromatic N) is 2. The summed E-state index contributed by atoms with van der Waals surface area (Å²) in [5, 5.41) is 2.95. The summed E-state index contributed by atoms with van der Waals surface area (Å²) in [6.07, 6.45) is 0. The molecule has 1 aliphatic rings. The lowest BCUT2D eigenvalue weighted by Crippen LogP contribution is -2.52. The quantitative estimate of drug-likeness (QED) is 0.615. The molecule has 0 unspecified atom stereocenters. The Morgan fingerprint density at radius 1 is 1.07 bits per heavy atom. The van der Waals surface area contributed by atoms with Crippen molar-refractivity contribution in [2.75, 3.05) is 43.5 Å². The van der Waals surface area contributed by atoms with Crippen LogP contribution in [0.2, 0.25) is 0 Å². The van der Waals surface area contributed by atoms with Crippen LogP contribution in [0.5, 0.6) is 5.75 Å². The number of hydrogen-bond acceptors (Lipinski definition) is 5. The molecule has 29 heavy (non-hydrogen) atoms. The molecular formula is C21H25N5O3. The van der Waals surface area contributed by atoms with E-state index < -0.39 is 0 Å². The molecule has 1 aromatic heterocycles. The Labute approximate surface area is 168 Å². The fourth-order valence-corrected chi connectivity index (χ4v) is 3.76. The van der Waals surface area contributed by atoms with Crippen molar-refractivity contribution in [3.05, 3.63) is 52.9 Å². The van der Waals surface area contributed by atoms with Gasteiger partial charge in [0.2, 0.25) is 5.91 Å². The summed E-state index contributed by atoms with van der Waals surface area (Å²) in [5.74, 6) is 0.804. The van der Waals surface area contributed by atoms with Gasteiger partial charge in [0, 0.05) is 31.9 Å². The number of rotatable bonds is 5. The first-order valence-corrected chi connectivity index (χ1v) is 9.70. The number of aromatic amines is 2. The standard InChI is InChI=1S/C21H25N5O3/c1-14(20(27)22-15-7-8-16-17(13-15)24-21(28)23-16)25-9-11-26(12-10-25)18-5-3-4-6-19(18)29-2/h3-8,13-14H,9-12H2,1-2H3,(H,22,27)(H2,23,24,28)/t14-/m1/s1. The number of carbonyl (C=O) groups is 1. The number of imidazole rings is 1. The fraction of sp³-hybridized carbons (Fsp3) is 0.333. The first kappa shape index (κ1) is 19.1. The van der Waals surface area contributed by atoms with Gasteiger partial charge in [-0.05, 0) is 37.3 Å². The lowest BCUT2D eigenvalue weighted by atomic mass is 10.2. The maximum absolute atomic E-state index is 12.7. The summed E-state index contributed by atoms with van der Waals surface area (Å²) < 4.78 is 5.47. The van der Waals surface area contributed by atoms with E-state index in [9.17, 15) is 9.59 Å². The zero-order valence-corrected chi connectivity index (χ0v) is 16.6. The topological polar surface area (TPSA) is 93.5 Å². The van der Waals surface area contributed by atoms with Gasteiger partial charge in [0.05, 0.1) is 29.9 Å². The Morgan fingerprint density at radius 3 is 2.55 bits per heavy atom. The summed E-state index contributed by atoms with van der Waals surface area (Å²) in [4.78, 5) is 34.0. The molecule has 2 aromatic carbocycles. The number of para-hydroxylation sites is 2. The number of amides is 1. The lowest BCUT2D eigenvalue weighted by molar-refractivity contribution is -0.120. The zero-order chi connectivity index (χ0) is 20.4. The largest absolute Gasteiger partial charge is 0.495 e. The van der Waals surface area contributed by atoms with Crippen LogP contribution in [0.25, 0.3) is 11.0 Å². The molecule has 0 bridgehead atoms. The molecule has 0 spiro atoms. The Morgan fingerprint density at radius 2 is 1.79 bits per heavy atom. The number of anilines is 2. The molecule has 3 aromatic rings. The first-order chi connectivity index (χ1) is 14.0. The highest BCUT2D eigenvalue weighted by Crippen LogP contribution is 2.28. The number of methoxy groups -OCH3 is 1. The van der Waals surface area contributed by atoms with Crippen LogP contribution in [0.15, 0.2) is 47.3 Å². The number of fused-ring (bicyclic) bond motifs is 1. The second-order valence-corrected chi connectivity index (χ2v) is 7.20. The molecule has 8 heteroatoms. The van der Waals surface area contributed by atoms with Gasteiger partial charge in [-0.25, -0.2) is 4.79 Å². The Hall–Kier alpha value is -3.26. The second kappa shape index (κ2) is 8.00. The lowest BCUT2D eigenvalue weighted by Gasteiger charge is -2.38. The number of piperazine rings is 1. The van der Waals surface area contributed by atoms with Crippen molar-refractivity contribution in [3.63, 3.8) is 0 Å². The molecule has 8 nitrogen and oxygen atoms in total. The summed E-state index contributed by atoms with van der Waals surface area (Å²) in [6, 6.07) is 13.1.